The fourth-order valence-corrected chi connectivity index (χ4v) is 1.57. The van der Waals surface area contributed by atoms with Gasteiger partial charge in [-0.25, -0.2) is 0 Å². The maximum Gasteiger partial charge on any atom is 0.251 e. The lowest BCUT2D eigenvalue weighted by Gasteiger charge is -2.14. The van der Waals surface area contributed by atoms with Crippen molar-refractivity contribution >= 4 is 11.6 Å². The van der Waals surface area contributed by atoms with Crippen LogP contribution in [0, 0.1) is 0 Å². The zero-order chi connectivity index (χ0) is 13.5. The summed E-state index contributed by atoms with van der Waals surface area (Å²) in [6.45, 7) is 5.61. The zero-order valence-corrected chi connectivity index (χ0v) is 11.1. The van der Waals surface area contributed by atoms with Crippen LogP contribution in [-0.2, 0) is 0 Å². The van der Waals surface area contributed by atoms with Crippen LogP contribution in [0.4, 0.5) is 5.69 Å². The fourth-order valence-electron chi connectivity index (χ4n) is 1.57. The van der Waals surface area contributed by atoms with E-state index in [-0.39, 0.29) is 11.9 Å². The Morgan fingerprint density at radius 2 is 2.22 bits per heavy atom. The molecule has 5 heteroatoms. The van der Waals surface area contributed by atoms with Crippen LogP contribution in [0.5, 0.6) is 5.75 Å². The fraction of sp³-hybridized carbons (Fsp3) is 0.462. The average molecular weight is 251 g/mol. The first-order valence-electron chi connectivity index (χ1n) is 6.03. The number of benzene rings is 1. The van der Waals surface area contributed by atoms with Crippen molar-refractivity contribution < 1.29 is 9.53 Å². The molecule has 4 N–H and O–H groups in total. The molecule has 0 aliphatic heterocycles. The second-order valence-corrected chi connectivity index (χ2v) is 4.14. The third-order valence-electron chi connectivity index (χ3n) is 2.57. The van der Waals surface area contributed by atoms with Gasteiger partial charge in [0.2, 0.25) is 0 Å². The predicted octanol–water partition coefficient (Wildman–Crippen LogP) is 1.01. The molecular weight excluding hydrogens is 230 g/mol. The van der Waals surface area contributed by atoms with Gasteiger partial charge >= 0.3 is 0 Å². The van der Waals surface area contributed by atoms with Crippen molar-refractivity contribution in [2.75, 3.05) is 25.9 Å². The number of nitrogens with one attached hydrogen (secondary N) is 2. The van der Waals surface area contributed by atoms with Crippen LogP contribution in [0.2, 0.25) is 0 Å². The highest BCUT2D eigenvalue weighted by molar-refractivity contribution is 5.95. The van der Waals surface area contributed by atoms with Gasteiger partial charge in [-0.3, -0.25) is 4.79 Å². The SMILES string of the molecule is CCNC[C@@H](C)NC(=O)c1ccc(N)c(OC)c1. The van der Waals surface area contributed by atoms with Gasteiger partial charge in [-0.05, 0) is 31.7 Å². The zero-order valence-electron chi connectivity index (χ0n) is 11.1. The highest BCUT2D eigenvalue weighted by atomic mass is 16.5. The van der Waals surface area contributed by atoms with Gasteiger partial charge in [0, 0.05) is 18.2 Å². The minimum atomic E-state index is -0.126. The molecule has 0 saturated heterocycles. The summed E-state index contributed by atoms with van der Waals surface area (Å²) >= 11 is 0. The summed E-state index contributed by atoms with van der Waals surface area (Å²) in [7, 11) is 1.53. The van der Waals surface area contributed by atoms with Crippen molar-refractivity contribution in [1.82, 2.24) is 10.6 Å². The molecule has 0 radical (unpaired) electrons. The van der Waals surface area contributed by atoms with E-state index in [4.69, 9.17) is 10.5 Å². The molecule has 1 rings (SSSR count). The van der Waals surface area contributed by atoms with Crippen molar-refractivity contribution in [2.24, 2.45) is 0 Å². The number of likely N-dealkylation sites (N-methyl/N-ethyl adjacent to an activating group) is 1. The summed E-state index contributed by atoms with van der Waals surface area (Å²) in [5, 5.41) is 6.08. The molecule has 1 amide bonds. The maximum atomic E-state index is 12.0. The van der Waals surface area contributed by atoms with Gasteiger partial charge in [0.15, 0.2) is 0 Å². The highest BCUT2D eigenvalue weighted by Crippen LogP contribution is 2.21. The normalized spacial score (nSPS) is 11.9. The molecule has 0 aliphatic rings. The van der Waals surface area contributed by atoms with Crippen LogP contribution in [0.1, 0.15) is 24.2 Å². The minimum Gasteiger partial charge on any atom is -0.495 e. The number of hydrogen-bond donors (Lipinski definition) is 3. The molecule has 0 bridgehead atoms. The van der Waals surface area contributed by atoms with E-state index >= 15 is 0 Å². The molecule has 1 aromatic carbocycles. The number of amides is 1. The first-order valence-corrected chi connectivity index (χ1v) is 6.03. The minimum absolute atomic E-state index is 0.0704. The Morgan fingerprint density at radius 1 is 1.50 bits per heavy atom. The van der Waals surface area contributed by atoms with Gasteiger partial charge in [0.25, 0.3) is 5.91 Å². The average Bonchev–Trinajstić information content (AvgIpc) is 2.36. The molecule has 0 spiro atoms. The molecule has 1 atom stereocenters. The summed E-state index contributed by atoms with van der Waals surface area (Å²) in [6, 6.07) is 5.07. The van der Waals surface area contributed by atoms with Crippen LogP contribution in [0.15, 0.2) is 18.2 Å². The number of hydrogen-bond acceptors (Lipinski definition) is 4. The van der Waals surface area contributed by atoms with Gasteiger partial charge in [-0.2, -0.15) is 0 Å². The Bertz CT molecular complexity index is 407. The van der Waals surface area contributed by atoms with Gasteiger partial charge in [0.05, 0.1) is 12.8 Å². The smallest absolute Gasteiger partial charge is 0.251 e. The first kappa shape index (κ1) is 14.3. The first-order chi connectivity index (χ1) is 8.58. The molecule has 0 aromatic heterocycles. The summed E-state index contributed by atoms with van der Waals surface area (Å²) in [4.78, 5) is 12.0. The molecule has 0 aliphatic carbocycles. The van der Waals surface area contributed by atoms with Crippen molar-refractivity contribution in [3.8, 4) is 5.75 Å². The Hall–Kier alpha value is -1.75. The van der Waals surface area contributed by atoms with E-state index in [0.717, 1.165) is 13.1 Å². The van der Waals surface area contributed by atoms with Crippen LogP contribution in [0.3, 0.4) is 0 Å². The third-order valence-corrected chi connectivity index (χ3v) is 2.57. The van der Waals surface area contributed by atoms with Gasteiger partial charge in [-0.1, -0.05) is 6.92 Å². The highest BCUT2D eigenvalue weighted by Gasteiger charge is 2.11. The van der Waals surface area contributed by atoms with Crippen molar-refractivity contribution in [2.45, 2.75) is 19.9 Å². The number of ether oxygens (including phenoxy) is 1. The van der Waals surface area contributed by atoms with E-state index in [1.54, 1.807) is 18.2 Å². The molecule has 0 fully saturated rings. The molecular formula is C13H21N3O2. The maximum absolute atomic E-state index is 12.0. The molecule has 0 heterocycles. The molecule has 5 nitrogen and oxygen atoms in total. The molecule has 0 unspecified atom stereocenters. The van der Waals surface area contributed by atoms with Crippen molar-refractivity contribution in [3.63, 3.8) is 0 Å². The number of anilines is 1. The van der Waals surface area contributed by atoms with E-state index in [1.807, 2.05) is 13.8 Å². The number of nitrogen functional groups attached to an aromatic ring is 1. The summed E-state index contributed by atoms with van der Waals surface area (Å²) in [6.07, 6.45) is 0. The van der Waals surface area contributed by atoms with E-state index in [9.17, 15) is 4.79 Å². The largest absolute Gasteiger partial charge is 0.495 e. The molecule has 100 valence electrons. The monoisotopic (exact) mass is 251 g/mol. The van der Waals surface area contributed by atoms with E-state index in [1.165, 1.54) is 7.11 Å². The van der Waals surface area contributed by atoms with Crippen LogP contribution >= 0.6 is 0 Å². The van der Waals surface area contributed by atoms with E-state index in [2.05, 4.69) is 10.6 Å². The summed E-state index contributed by atoms with van der Waals surface area (Å²) in [5.74, 6) is 0.390. The van der Waals surface area contributed by atoms with E-state index in [0.29, 0.717) is 17.0 Å². The van der Waals surface area contributed by atoms with Gasteiger partial charge < -0.3 is 21.1 Å². The number of methoxy groups -OCH3 is 1. The number of carbonyl (C=O) groups is 1. The second kappa shape index (κ2) is 6.86. The quantitative estimate of drug-likeness (QED) is 0.659. The van der Waals surface area contributed by atoms with Crippen LogP contribution in [-0.4, -0.2) is 32.1 Å². The molecule has 0 saturated carbocycles. The molecule has 1 aromatic rings. The summed E-state index contributed by atoms with van der Waals surface area (Å²) < 4.78 is 5.09. The number of rotatable bonds is 6. The third kappa shape index (κ3) is 3.92. The topological polar surface area (TPSA) is 76.4 Å². The Kier molecular flexibility index (Phi) is 5.45. The molecule has 18 heavy (non-hydrogen) atoms. The van der Waals surface area contributed by atoms with Gasteiger partial charge in [0.1, 0.15) is 5.75 Å². The Balaban J connectivity index is 2.66. The van der Waals surface area contributed by atoms with Crippen molar-refractivity contribution in [1.29, 1.82) is 0 Å². The van der Waals surface area contributed by atoms with Crippen molar-refractivity contribution in [3.05, 3.63) is 23.8 Å². The second-order valence-electron chi connectivity index (χ2n) is 4.14. The Morgan fingerprint density at radius 3 is 2.83 bits per heavy atom. The van der Waals surface area contributed by atoms with Crippen LogP contribution < -0.4 is 21.1 Å². The number of nitrogens with two attached hydrogens (primary N) is 1. The standard InChI is InChI=1S/C13H21N3O2/c1-4-15-8-9(2)16-13(17)10-5-6-11(14)12(7-10)18-3/h5-7,9,15H,4,8,14H2,1-3H3,(H,16,17)/t9-/m1/s1. The number of carbonyl (C=O) groups excluding carboxylic acids is 1. The van der Waals surface area contributed by atoms with Gasteiger partial charge in [-0.15, -0.1) is 0 Å². The lowest BCUT2D eigenvalue weighted by atomic mass is 10.1. The summed E-state index contributed by atoms with van der Waals surface area (Å²) in [5.41, 5.74) is 6.77. The lowest BCUT2D eigenvalue weighted by molar-refractivity contribution is 0.0939. The van der Waals surface area contributed by atoms with E-state index < -0.39 is 0 Å². The predicted molar refractivity (Wildman–Crippen MR) is 72.9 cm³/mol. The Labute approximate surface area is 108 Å². The lowest BCUT2D eigenvalue weighted by Crippen LogP contribution is -2.39. The van der Waals surface area contributed by atoms with Crippen LogP contribution in [0.25, 0.3) is 0 Å².